The molecule has 0 unspecified atom stereocenters. The van der Waals surface area contributed by atoms with E-state index in [-0.39, 0.29) is 0 Å². The lowest BCUT2D eigenvalue weighted by Gasteiger charge is -2.32. The van der Waals surface area contributed by atoms with E-state index in [1.807, 2.05) is 0 Å². The Morgan fingerprint density at radius 1 is 1.06 bits per heavy atom. The van der Waals surface area contributed by atoms with Gasteiger partial charge in [0.1, 0.15) is 0 Å². The van der Waals surface area contributed by atoms with Gasteiger partial charge in [0, 0.05) is 6.04 Å². The Hall–Kier alpha value is -0.0400. The van der Waals surface area contributed by atoms with Gasteiger partial charge in [-0.05, 0) is 55.9 Å². The molecule has 1 fully saturated rings. The van der Waals surface area contributed by atoms with Gasteiger partial charge in [-0.1, -0.05) is 34.6 Å². The standard InChI is InChI=1S/C15H31N/c1-12(2)13-6-8-14(9-7-13)16-11-10-15(3,4)5/h12-14,16H,6-11H2,1-5H3. The Bertz CT molecular complexity index is 182. The molecule has 0 saturated heterocycles. The van der Waals surface area contributed by atoms with Gasteiger partial charge in [-0.3, -0.25) is 0 Å². The highest BCUT2D eigenvalue weighted by atomic mass is 14.9. The maximum Gasteiger partial charge on any atom is 0.00672 e. The zero-order valence-electron chi connectivity index (χ0n) is 12.0. The first-order valence-corrected chi connectivity index (χ1v) is 7.12. The second kappa shape index (κ2) is 6.05. The molecular weight excluding hydrogens is 194 g/mol. The van der Waals surface area contributed by atoms with Crippen molar-refractivity contribution >= 4 is 0 Å². The average Bonchev–Trinajstić information content (AvgIpc) is 2.16. The lowest BCUT2D eigenvalue weighted by Crippen LogP contribution is -2.35. The van der Waals surface area contributed by atoms with Crippen LogP contribution in [0.5, 0.6) is 0 Å². The van der Waals surface area contributed by atoms with Crippen LogP contribution in [0.1, 0.15) is 66.7 Å². The van der Waals surface area contributed by atoms with E-state index in [4.69, 9.17) is 0 Å². The summed E-state index contributed by atoms with van der Waals surface area (Å²) in [6.45, 7) is 12.9. The van der Waals surface area contributed by atoms with Crippen LogP contribution in [0.2, 0.25) is 0 Å². The van der Waals surface area contributed by atoms with Crippen molar-refractivity contribution in [1.29, 1.82) is 0 Å². The number of hydrogen-bond acceptors (Lipinski definition) is 1. The van der Waals surface area contributed by atoms with Crippen molar-refractivity contribution < 1.29 is 0 Å². The smallest absolute Gasteiger partial charge is 0.00672 e. The fourth-order valence-electron chi connectivity index (χ4n) is 2.64. The predicted octanol–water partition coefficient (Wildman–Crippen LogP) is 4.23. The molecule has 1 N–H and O–H groups in total. The highest BCUT2D eigenvalue weighted by Crippen LogP contribution is 2.30. The molecule has 0 aliphatic heterocycles. The molecule has 1 heteroatoms. The highest BCUT2D eigenvalue weighted by Gasteiger charge is 2.22. The normalized spacial score (nSPS) is 27.4. The summed E-state index contributed by atoms with van der Waals surface area (Å²) < 4.78 is 0. The molecule has 0 aromatic carbocycles. The molecule has 0 spiro atoms. The van der Waals surface area contributed by atoms with E-state index in [0.29, 0.717) is 5.41 Å². The minimum atomic E-state index is 0.474. The van der Waals surface area contributed by atoms with Gasteiger partial charge < -0.3 is 5.32 Å². The monoisotopic (exact) mass is 225 g/mol. The predicted molar refractivity (Wildman–Crippen MR) is 72.7 cm³/mol. The Balaban J connectivity index is 2.13. The van der Waals surface area contributed by atoms with E-state index in [0.717, 1.165) is 17.9 Å². The van der Waals surface area contributed by atoms with E-state index >= 15 is 0 Å². The van der Waals surface area contributed by atoms with Gasteiger partial charge in [-0.15, -0.1) is 0 Å². The maximum atomic E-state index is 3.74. The van der Waals surface area contributed by atoms with Gasteiger partial charge in [0.15, 0.2) is 0 Å². The van der Waals surface area contributed by atoms with Gasteiger partial charge in [-0.25, -0.2) is 0 Å². The second-order valence-electron chi connectivity index (χ2n) is 7.12. The van der Waals surface area contributed by atoms with Crippen molar-refractivity contribution in [3.63, 3.8) is 0 Å². The van der Waals surface area contributed by atoms with Crippen LogP contribution in [0.25, 0.3) is 0 Å². The van der Waals surface area contributed by atoms with E-state index in [1.54, 1.807) is 0 Å². The third-order valence-corrected chi connectivity index (χ3v) is 4.02. The van der Waals surface area contributed by atoms with E-state index in [9.17, 15) is 0 Å². The molecule has 0 atom stereocenters. The van der Waals surface area contributed by atoms with Crippen molar-refractivity contribution in [3.05, 3.63) is 0 Å². The Kier molecular flexibility index (Phi) is 5.30. The Morgan fingerprint density at radius 2 is 1.62 bits per heavy atom. The molecule has 1 aliphatic carbocycles. The molecule has 0 aromatic rings. The molecule has 1 rings (SSSR count). The molecule has 96 valence electrons. The maximum absolute atomic E-state index is 3.74. The summed E-state index contributed by atoms with van der Waals surface area (Å²) in [6, 6.07) is 0.803. The van der Waals surface area contributed by atoms with Crippen LogP contribution in [-0.2, 0) is 0 Å². The fourth-order valence-corrected chi connectivity index (χ4v) is 2.64. The summed E-state index contributed by atoms with van der Waals surface area (Å²) in [6.07, 6.45) is 6.95. The van der Waals surface area contributed by atoms with E-state index in [2.05, 4.69) is 39.9 Å². The SMILES string of the molecule is CC(C)C1CCC(NCCC(C)(C)C)CC1. The van der Waals surface area contributed by atoms with Crippen LogP contribution in [0, 0.1) is 17.3 Å². The van der Waals surface area contributed by atoms with Gasteiger partial charge in [0.25, 0.3) is 0 Å². The summed E-state index contributed by atoms with van der Waals surface area (Å²) >= 11 is 0. The first-order valence-electron chi connectivity index (χ1n) is 7.12. The van der Waals surface area contributed by atoms with Crippen LogP contribution >= 0.6 is 0 Å². The van der Waals surface area contributed by atoms with Gasteiger partial charge >= 0.3 is 0 Å². The average molecular weight is 225 g/mol. The lowest BCUT2D eigenvalue weighted by atomic mass is 9.79. The van der Waals surface area contributed by atoms with Crippen molar-refractivity contribution in [2.45, 2.75) is 72.8 Å². The molecule has 0 heterocycles. The molecule has 16 heavy (non-hydrogen) atoms. The van der Waals surface area contributed by atoms with Gasteiger partial charge in [0.2, 0.25) is 0 Å². The van der Waals surface area contributed by atoms with Crippen LogP contribution in [-0.4, -0.2) is 12.6 Å². The Morgan fingerprint density at radius 3 is 2.06 bits per heavy atom. The van der Waals surface area contributed by atoms with Crippen LogP contribution in [0.15, 0.2) is 0 Å². The molecule has 0 aromatic heterocycles. The third kappa shape index (κ3) is 5.34. The molecule has 1 aliphatic rings. The quantitative estimate of drug-likeness (QED) is 0.755. The first-order chi connectivity index (χ1) is 7.38. The molecule has 1 saturated carbocycles. The Labute approximate surface area is 102 Å². The van der Waals surface area contributed by atoms with E-state index in [1.165, 1.54) is 38.6 Å². The largest absolute Gasteiger partial charge is 0.314 e. The molecule has 0 bridgehead atoms. The van der Waals surface area contributed by atoms with Crippen LogP contribution < -0.4 is 5.32 Å². The molecule has 0 amide bonds. The minimum Gasteiger partial charge on any atom is -0.314 e. The summed E-state index contributed by atoms with van der Waals surface area (Å²) in [4.78, 5) is 0. The lowest BCUT2D eigenvalue weighted by molar-refractivity contribution is 0.233. The molecule has 0 radical (unpaired) electrons. The van der Waals surface area contributed by atoms with Crippen molar-refractivity contribution in [2.75, 3.05) is 6.54 Å². The van der Waals surface area contributed by atoms with Crippen molar-refractivity contribution in [1.82, 2.24) is 5.32 Å². The number of rotatable bonds is 4. The number of nitrogens with one attached hydrogen (secondary N) is 1. The zero-order chi connectivity index (χ0) is 12.2. The summed E-state index contributed by atoms with van der Waals surface area (Å²) in [5, 5.41) is 3.74. The summed E-state index contributed by atoms with van der Waals surface area (Å²) in [5.74, 6) is 1.87. The topological polar surface area (TPSA) is 12.0 Å². The van der Waals surface area contributed by atoms with Crippen molar-refractivity contribution in [2.24, 2.45) is 17.3 Å². The highest BCUT2D eigenvalue weighted by molar-refractivity contribution is 4.79. The number of hydrogen-bond donors (Lipinski definition) is 1. The van der Waals surface area contributed by atoms with Gasteiger partial charge in [0.05, 0.1) is 0 Å². The molecular formula is C15H31N. The van der Waals surface area contributed by atoms with E-state index < -0.39 is 0 Å². The fraction of sp³-hybridized carbons (Fsp3) is 1.00. The van der Waals surface area contributed by atoms with Gasteiger partial charge in [-0.2, -0.15) is 0 Å². The molecule has 1 nitrogen and oxygen atoms in total. The minimum absolute atomic E-state index is 0.474. The van der Waals surface area contributed by atoms with Crippen LogP contribution in [0.3, 0.4) is 0 Å². The van der Waals surface area contributed by atoms with Crippen molar-refractivity contribution in [3.8, 4) is 0 Å². The third-order valence-electron chi connectivity index (χ3n) is 4.02. The summed E-state index contributed by atoms with van der Waals surface area (Å²) in [7, 11) is 0. The zero-order valence-corrected chi connectivity index (χ0v) is 12.0. The van der Waals surface area contributed by atoms with Crippen LogP contribution in [0.4, 0.5) is 0 Å². The first kappa shape index (κ1) is 14.0. The summed E-state index contributed by atoms with van der Waals surface area (Å²) in [5.41, 5.74) is 0.474. The second-order valence-corrected chi connectivity index (χ2v) is 7.12.